The maximum atomic E-state index is 10.8. The fraction of sp³-hybridized carbons (Fsp3) is 0.417. The number of carboxylic acid groups (broad SMARTS) is 1. The van der Waals surface area contributed by atoms with Crippen LogP contribution in [0.3, 0.4) is 0 Å². The lowest BCUT2D eigenvalue weighted by molar-refractivity contribution is -0.139. The van der Waals surface area contributed by atoms with Crippen LogP contribution in [0.15, 0.2) is 24.3 Å². The topological polar surface area (TPSA) is 49.3 Å². The van der Waals surface area contributed by atoms with Crippen LogP contribution in [0.4, 0.5) is 0 Å². The van der Waals surface area contributed by atoms with E-state index in [1.165, 1.54) is 5.56 Å². The average molecular weight is 276 g/mol. The fourth-order valence-corrected chi connectivity index (χ4v) is 2.36. The molecule has 0 unspecified atom stereocenters. The third kappa shape index (κ3) is 3.87. The zero-order valence-electron chi connectivity index (χ0n) is 9.23. The first-order valence-electron chi connectivity index (χ1n) is 5.36. The zero-order chi connectivity index (χ0) is 11.5. The van der Waals surface area contributed by atoms with Crippen molar-refractivity contribution in [3.8, 4) is 0 Å². The first kappa shape index (κ1) is 14.3. The van der Waals surface area contributed by atoms with Crippen LogP contribution in [-0.2, 0) is 11.2 Å². The van der Waals surface area contributed by atoms with Crippen LogP contribution in [0, 0.1) is 5.92 Å². The average Bonchev–Trinajstić information content (AvgIpc) is 2.66. The van der Waals surface area contributed by atoms with E-state index in [0.717, 1.165) is 18.0 Å². The molecular weight excluding hydrogens is 261 g/mol. The Bertz CT molecular complexity index is 398. The molecule has 5 heteroatoms. The van der Waals surface area contributed by atoms with Crippen LogP contribution >= 0.6 is 24.0 Å². The van der Waals surface area contributed by atoms with Crippen molar-refractivity contribution in [2.45, 2.75) is 18.9 Å². The summed E-state index contributed by atoms with van der Waals surface area (Å²) in [5.41, 5.74) is 1.17. The molecule has 0 spiro atoms. The molecule has 0 aromatic heterocycles. The highest BCUT2D eigenvalue weighted by atomic mass is 35.5. The largest absolute Gasteiger partial charge is 0.480 e. The van der Waals surface area contributed by atoms with Gasteiger partial charge in [-0.05, 0) is 43.0 Å². The number of hydrogen-bond donors (Lipinski definition) is 2. The van der Waals surface area contributed by atoms with Gasteiger partial charge in [-0.3, -0.25) is 4.79 Å². The van der Waals surface area contributed by atoms with Gasteiger partial charge in [-0.15, -0.1) is 12.4 Å². The summed E-state index contributed by atoms with van der Waals surface area (Å²) in [6.45, 7) is 0.767. The van der Waals surface area contributed by atoms with Crippen molar-refractivity contribution in [1.82, 2.24) is 5.32 Å². The lowest BCUT2D eigenvalue weighted by Gasteiger charge is -2.08. The summed E-state index contributed by atoms with van der Waals surface area (Å²) >= 11 is 5.90. The number of nitrogens with one attached hydrogen (secondary N) is 1. The number of carbonyl (C=O) groups is 1. The lowest BCUT2D eigenvalue weighted by Crippen LogP contribution is -2.29. The molecule has 1 aromatic carbocycles. The molecule has 1 heterocycles. The molecular formula is C12H15Cl2NO2. The van der Waals surface area contributed by atoms with E-state index in [1.54, 1.807) is 0 Å². The highest BCUT2D eigenvalue weighted by Gasteiger charge is 2.28. The van der Waals surface area contributed by atoms with Gasteiger partial charge < -0.3 is 10.4 Å². The van der Waals surface area contributed by atoms with Crippen molar-refractivity contribution in [1.29, 1.82) is 0 Å². The van der Waals surface area contributed by atoms with E-state index in [4.69, 9.17) is 16.7 Å². The molecule has 0 amide bonds. The highest BCUT2D eigenvalue weighted by Crippen LogP contribution is 2.21. The first-order chi connectivity index (χ1) is 7.65. The van der Waals surface area contributed by atoms with Crippen molar-refractivity contribution in [3.05, 3.63) is 34.9 Å². The van der Waals surface area contributed by atoms with Crippen LogP contribution in [0.1, 0.15) is 12.0 Å². The Hall–Kier alpha value is -0.770. The van der Waals surface area contributed by atoms with Crippen LogP contribution in [-0.4, -0.2) is 23.7 Å². The van der Waals surface area contributed by atoms with Crippen LogP contribution in [0.2, 0.25) is 5.02 Å². The summed E-state index contributed by atoms with van der Waals surface area (Å²) in [5.74, 6) is -0.367. The number of rotatable bonds is 3. The van der Waals surface area contributed by atoms with Gasteiger partial charge in [0.15, 0.2) is 0 Å². The molecule has 1 aromatic rings. The molecule has 2 N–H and O–H groups in total. The summed E-state index contributed by atoms with van der Waals surface area (Å²) in [5, 5.41) is 12.6. The SMILES string of the molecule is Cl.O=C(O)[C@@H]1C[C@H](Cc2cccc(Cl)c2)CN1. The van der Waals surface area contributed by atoms with Gasteiger partial charge in [0.05, 0.1) is 0 Å². The van der Waals surface area contributed by atoms with Crippen molar-refractivity contribution < 1.29 is 9.90 Å². The number of benzene rings is 1. The molecule has 0 aliphatic carbocycles. The number of halogens is 2. The maximum absolute atomic E-state index is 10.8. The Morgan fingerprint density at radius 1 is 1.53 bits per heavy atom. The van der Waals surface area contributed by atoms with Gasteiger partial charge in [-0.2, -0.15) is 0 Å². The minimum absolute atomic E-state index is 0. The van der Waals surface area contributed by atoms with Crippen LogP contribution < -0.4 is 5.32 Å². The number of carboxylic acids is 1. The molecule has 0 radical (unpaired) electrons. The van der Waals surface area contributed by atoms with Crippen molar-refractivity contribution >= 4 is 30.0 Å². The van der Waals surface area contributed by atoms with Crippen LogP contribution in [0.25, 0.3) is 0 Å². The predicted octanol–water partition coefficient (Wildman–Crippen LogP) is 2.37. The smallest absolute Gasteiger partial charge is 0.320 e. The minimum atomic E-state index is -0.756. The molecule has 2 rings (SSSR count). The van der Waals surface area contributed by atoms with Gasteiger partial charge in [-0.25, -0.2) is 0 Å². The van der Waals surface area contributed by atoms with Crippen molar-refractivity contribution in [2.24, 2.45) is 5.92 Å². The number of hydrogen-bond acceptors (Lipinski definition) is 2. The minimum Gasteiger partial charge on any atom is -0.480 e. The highest BCUT2D eigenvalue weighted by molar-refractivity contribution is 6.30. The summed E-state index contributed by atoms with van der Waals surface area (Å²) in [7, 11) is 0. The molecule has 1 saturated heterocycles. The van der Waals surface area contributed by atoms with E-state index in [9.17, 15) is 4.79 Å². The van der Waals surface area contributed by atoms with Crippen molar-refractivity contribution in [3.63, 3.8) is 0 Å². The molecule has 0 saturated carbocycles. The van der Waals surface area contributed by atoms with E-state index < -0.39 is 5.97 Å². The van der Waals surface area contributed by atoms with E-state index in [-0.39, 0.29) is 18.4 Å². The molecule has 2 atom stereocenters. The van der Waals surface area contributed by atoms with E-state index in [0.29, 0.717) is 12.3 Å². The monoisotopic (exact) mass is 275 g/mol. The van der Waals surface area contributed by atoms with Gasteiger partial charge in [0.1, 0.15) is 6.04 Å². The zero-order valence-corrected chi connectivity index (χ0v) is 10.8. The van der Waals surface area contributed by atoms with Crippen LogP contribution in [0.5, 0.6) is 0 Å². The second-order valence-electron chi connectivity index (χ2n) is 4.23. The van der Waals surface area contributed by atoms with Gasteiger partial charge >= 0.3 is 5.97 Å². The quantitative estimate of drug-likeness (QED) is 0.891. The Kier molecular flexibility index (Phi) is 5.25. The molecule has 1 fully saturated rings. The van der Waals surface area contributed by atoms with Gasteiger partial charge in [0, 0.05) is 5.02 Å². The predicted molar refractivity (Wildman–Crippen MR) is 69.9 cm³/mol. The van der Waals surface area contributed by atoms with E-state index in [1.807, 2.05) is 24.3 Å². The first-order valence-corrected chi connectivity index (χ1v) is 5.73. The second kappa shape index (κ2) is 6.24. The lowest BCUT2D eigenvalue weighted by atomic mass is 9.97. The Balaban J connectivity index is 0.00000144. The fourth-order valence-electron chi connectivity index (χ4n) is 2.15. The second-order valence-corrected chi connectivity index (χ2v) is 4.67. The summed E-state index contributed by atoms with van der Waals surface area (Å²) < 4.78 is 0. The molecule has 94 valence electrons. The summed E-state index contributed by atoms with van der Waals surface area (Å²) in [6.07, 6.45) is 1.58. The van der Waals surface area contributed by atoms with Gasteiger partial charge in [0.25, 0.3) is 0 Å². The maximum Gasteiger partial charge on any atom is 0.320 e. The van der Waals surface area contributed by atoms with E-state index in [2.05, 4.69) is 5.32 Å². The molecule has 1 aliphatic heterocycles. The molecule has 17 heavy (non-hydrogen) atoms. The van der Waals surface area contributed by atoms with Crippen molar-refractivity contribution in [2.75, 3.05) is 6.54 Å². The summed E-state index contributed by atoms with van der Waals surface area (Å²) in [4.78, 5) is 10.8. The third-order valence-corrected chi connectivity index (χ3v) is 3.17. The third-order valence-electron chi connectivity index (χ3n) is 2.93. The molecule has 3 nitrogen and oxygen atoms in total. The Labute approximate surface area is 112 Å². The van der Waals surface area contributed by atoms with E-state index >= 15 is 0 Å². The standard InChI is InChI=1S/C12H14ClNO2.ClH/c13-10-3-1-2-8(5-10)4-9-6-11(12(15)16)14-7-9;/h1-3,5,9,11,14H,4,6-7H2,(H,15,16);1H/t9-,11-;/m0./s1. The Morgan fingerprint density at radius 2 is 2.29 bits per heavy atom. The Morgan fingerprint density at radius 3 is 2.88 bits per heavy atom. The normalized spacial score (nSPS) is 23.1. The van der Waals surface area contributed by atoms with Gasteiger partial charge in [-0.1, -0.05) is 23.7 Å². The van der Waals surface area contributed by atoms with Gasteiger partial charge in [0.2, 0.25) is 0 Å². The molecule has 1 aliphatic rings. The number of aliphatic carboxylic acids is 1. The molecule has 0 bridgehead atoms. The summed E-state index contributed by atoms with van der Waals surface area (Å²) in [6, 6.07) is 7.35.